The van der Waals surface area contributed by atoms with Crippen LogP contribution in [0.5, 0.6) is 0 Å². The third kappa shape index (κ3) is 3.42. The number of hydrogen-bond acceptors (Lipinski definition) is 2. The number of H-pyrrole nitrogens is 1. The number of aromatic amines is 1. The summed E-state index contributed by atoms with van der Waals surface area (Å²) in [7, 11) is 4.46. The number of benzene rings is 2. The minimum absolute atomic E-state index is 0.170. The summed E-state index contributed by atoms with van der Waals surface area (Å²) < 4.78 is 0. The van der Waals surface area contributed by atoms with Crippen molar-refractivity contribution in [3.05, 3.63) is 71.9 Å². The lowest BCUT2D eigenvalue weighted by atomic mass is 9.74. The molecule has 1 aliphatic carbocycles. The number of hydrogen-bond donors (Lipinski definition) is 2. The van der Waals surface area contributed by atoms with Crippen molar-refractivity contribution in [2.45, 2.75) is 50.2 Å². The summed E-state index contributed by atoms with van der Waals surface area (Å²) in [4.78, 5) is 5.84. The second-order valence-corrected chi connectivity index (χ2v) is 8.24. The number of para-hydroxylation sites is 1. The lowest BCUT2D eigenvalue weighted by Crippen LogP contribution is -2.48. The molecule has 4 rings (SSSR count). The fourth-order valence-electron chi connectivity index (χ4n) is 4.90. The first-order chi connectivity index (χ1) is 13.1. The summed E-state index contributed by atoms with van der Waals surface area (Å²) in [6, 6.07) is 20.6. The van der Waals surface area contributed by atoms with Crippen molar-refractivity contribution in [1.29, 1.82) is 0 Å². The maximum Gasteiger partial charge on any atom is 0.0457 e. The zero-order valence-corrected chi connectivity index (χ0v) is 16.7. The highest BCUT2D eigenvalue weighted by atomic mass is 15.1. The molecule has 3 nitrogen and oxygen atoms in total. The van der Waals surface area contributed by atoms with Crippen LogP contribution in [0, 0.1) is 0 Å². The second kappa shape index (κ2) is 7.49. The first-order valence-corrected chi connectivity index (χ1v) is 10.2. The molecule has 1 saturated carbocycles. The number of nitrogens with one attached hydrogen (secondary N) is 2. The minimum atomic E-state index is 0.170. The van der Waals surface area contributed by atoms with Crippen LogP contribution in [0.4, 0.5) is 0 Å². The molecule has 0 spiro atoms. The normalized spacial score (nSPS) is 24.4. The van der Waals surface area contributed by atoms with Gasteiger partial charge >= 0.3 is 0 Å². The van der Waals surface area contributed by atoms with E-state index in [0.717, 1.165) is 0 Å². The Labute approximate surface area is 162 Å². The minimum Gasteiger partial charge on any atom is -0.361 e. The maximum atomic E-state index is 3.90. The summed E-state index contributed by atoms with van der Waals surface area (Å²) in [5.41, 5.74) is 4.22. The highest BCUT2D eigenvalue weighted by molar-refractivity contribution is 5.83. The molecular formula is C24H31N3. The Morgan fingerprint density at radius 1 is 1.00 bits per heavy atom. The van der Waals surface area contributed by atoms with Gasteiger partial charge in [0, 0.05) is 34.7 Å². The third-order valence-corrected chi connectivity index (χ3v) is 6.55. The molecule has 1 fully saturated rings. The molecule has 142 valence electrons. The Hall–Kier alpha value is -2.10. The number of rotatable bonds is 5. The molecule has 27 heavy (non-hydrogen) atoms. The van der Waals surface area contributed by atoms with E-state index in [9.17, 15) is 0 Å². The Kier molecular flexibility index (Phi) is 5.07. The van der Waals surface area contributed by atoms with Crippen LogP contribution in [0.15, 0.2) is 60.8 Å². The molecule has 1 aliphatic rings. The van der Waals surface area contributed by atoms with Crippen LogP contribution in [0.1, 0.15) is 49.8 Å². The van der Waals surface area contributed by atoms with Crippen LogP contribution >= 0.6 is 0 Å². The highest BCUT2D eigenvalue weighted by Crippen LogP contribution is 2.41. The van der Waals surface area contributed by atoms with Gasteiger partial charge in [-0.25, -0.2) is 0 Å². The van der Waals surface area contributed by atoms with E-state index in [1.165, 1.54) is 47.7 Å². The van der Waals surface area contributed by atoms with E-state index in [1.807, 2.05) is 0 Å². The molecule has 0 saturated heterocycles. The molecule has 0 amide bonds. The number of fused-ring (bicyclic) bond motifs is 1. The Balaban J connectivity index is 1.46. The molecule has 1 aromatic heterocycles. The first kappa shape index (κ1) is 18.3. The van der Waals surface area contributed by atoms with Gasteiger partial charge in [-0.05, 0) is 63.9 Å². The van der Waals surface area contributed by atoms with Crippen LogP contribution in [-0.4, -0.2) is 30.0 Å². The van der Waals surface area contributed by atoms with Crippen LogP contribution in [-0.2, 0) is 5.54 Å². The Bertz CT molecular complexity index is 873. The van der Waals surface area contributed by atoms with E-state index in [0.29, 0.717) is 12.1 Å². The van der Waals surface area contributed by atoms with Crippen LogP contribution in [0.3, 0.4) is 0 Å². The fourth-order valence-corrected chi connectivity index (χ4v) is 4.90. The summed E-state index contributed by atoms with van der Waals surface area (Å²) in [5, 5.41) is 5.24. The SMILES string of the molecule is CC(NC1CCC(c2ccccc2)(N(C)C)CC1)c1c[nH]c2ccccc12. The molecule has 1 unspecified atom stereocenters. The van der Waals surface area contributed by atoms with E-state index in [4.69, 9.17) is 0 Å². The average molecular weight is 362 g/mol. The van der Waals surface area contributed by atoms with Gasteiger partial charge in [0.05, 0.1) is 0 Å². The smallest absolute Gasteiger partial charge is 0.0457 e. The molecule has 3 aromatic rings. The second-order valence-electron chi connectivity index (χ2n) is 8.24. The van der Waals surface area contributed by atoms with E-state index >= 15 is 0 Å². The van der Waals surface area contributed by atoms with Gasteiger partial charge in [-0.2, -0.15) is 0 Å². The van der Waals surface area contributed by atoms with Crippen LogP contribution < -0.4 is 5.32 Å². The van der Waals surface area contributed by atoms with Gasteiger partial charge in [0.2, 0.25) is 0 Å². The molecule has 1 atom stereocenters. The highest BCUT2D eigenvalue weighted by Gasteiger charge is 2.38. The Morgan fingerprint density at radius 3 is 2.37 bits per heavy atom. The molecule has 0 bridgehead atoms. The van der Waals surface area contributed by atoms with Gasteiger partial charge in [-0.15, -0.1) is 0 Å². The van der Waals surface area contributed by atoms with E-state index in [2.05, 4.69) is 97.0 Å². The zero-order chi connectivity index (χ0) is 18.9. The van der Waals surface area contributed by atoms with Crippen molar-refractivity contribution in [2.24, 2.45) is 0 Å². The van der Waals surface area contributed by atoms with E-state index in [-0.39, 0.29) is 5.54 Å². The monoisotopic (exact) mass is 361 g/mol. The summed E-state index contributed by atoms with van der Waals surface area (Å²) in [6.07, 6.45) is 6.98. The van der Waals surface area contributed by atoms with Gasteiger partial charge in [-0.1, -0.05) is 48.5 Å². The van der Waals surface area contributed by atoms with Gasteiger partial charge in [0.15, 0.2) is 0 Å². The van der Waals surface area contributed by atoms with Gasteiger partial charge in [-0.3, -0.25) is 4.90 Å². The summed E-state index contributed by atoms with van der Waals surface area (Å²) >= 11 is 0. The number of nitrogens with zero attached hydrogens (tertiary/aromatic N) is 1. The van der Waals surface area contributed by atoms with Crippen LogP contribution in [0.2, 0.25) is 0 Å². The zero-order valence-electron chi connectivity index (χ0n) is 16.7. The topological polar surface area (TPSA) is 31.1 Å². The van der Waals surface area contributed by atoms with E-state index in [1.54, 1.807) is 0 Å². The van der Waals surface area contributed by atoms with Crippen LogP contribution in [0.25, 0.3) is 10.9 Å². The quantitative estimate of drug-likeness (QED) is 0.653. The van der Waals surface area contributed by atoms with Crippen molar-refractivity contribution in [1.82, 2.24) is 15.2 Å². The standard InChI is InChI=1S/C24H31N3/c1-18(22-17-25-23-12-8-7-11-21(22)23)26-20-13-15-24(16-14-20,27(2)3)19-9-5-4-6-10-19/h4-12,17-18,20,25-26H,13-16H2,1-3H3. The van der Waals surface area contributed by atoms with Crippen molar-refractivity contribution in [3.63, 3.8) is 0 Å². The first-order valence-electron chi connectivity index (χ1n) is 10.2. The summed E-state index contributed by atoms with van der Waals surface area (Å²) in [5.74, 6) is 0. The molecule has 1 heterocycles. The third-order valence-electron chi connectivity index (χ3n) is 6.55. The number of aromatic nitrogens is 1. The Morgan fingerprint density at radius 2 is 1.67 bits per heavy atom. The van der Waals surface area contributed by atoms with Gasteiger partial charge in [0.25, 0.3) is 0 Å². The van der Waals surface area contributed by atoms with Crippen molar-refractivity contribution < 1.29 is 0 Å². The van der Waals surface area contributed by atoms with Gasteiger partial charge < -0.3 is 10.3 Å². The largest absolute Gasteiger partial charge is 0.361 e. The predicted molar refractivity (Wildman–Crippen MR) is 114 cm³/mol. The maximum absolute atomic E-state index is 3.90. The van der Waals surface area contributed by atoms with Crippen molar-refractivity contribution in [3.8, 4) is 0 Å². The van der Waals surface area contributed by atoms with Crippen molar-refractivity contribution >= 4 is 10.9 Å². The van der Waals surface area contributed by atoms with Gasteiger partial charge in [0.1, 0.15) is 0 Å². The predicted octanol–water partition coefficient (Wildman–Crippen LogP) is 5.22. The lowest BCUT2D eigenvalue weighted by molar-refractivity contribution is 0.0837. The average Bonchev–Trinajstić information content (AvgIpc) is 3.13. The van der Waals surface area contributed by atoms with E-state index < -0.39 is 0 Å². The fraction of sp³-hybridized carbons (Fsp3) is 0.417. The molecule has 2 aromatic carbocycles. The van der Waals surface area contributed by atoms with Crippen molar-refractivity contribution in [2.75, 3.05) is 14.1 Å². The molecule has 0 aliphatic heterocycles. The molecule has 0 radical (unpaired) electrons. The molecule has 3 heteroatoms. The molecular weight excluding hydrogens is 330 g/mol. The summed E-state index contributed by atoms with van der Waals surface area (Å²) in [6.45, 7) is 2.29. The lowest BCUT2D eigenvalue weighted by Gasteiger charge is -2.46. The molecule has 2 N–H and O–H groups in total.